The molecule has 0 unspecified atom stereocenters. The highest BCUT2D eigenvalue weighted by molar-refractivity contribution is 5.48. The zero-order chi connectivity index (χ0) is 15.0. The summed E-state index contributed by atoms with van der Waals surface area (Å²) in [5.41, 5.74) is 1.31. The summed E-state index contributed by atoms with van der Waals surface area (Å²) in [5, 5.41) is 0. The fourth-order valence-electron chi connectivity index (χ4n) is 2.36. The van der Waals surface area contributed by atoms with Crippen molar-refractivity contribution < 1.29 is 4.39 Å². The first-order chi connectivity index (χ1) is 10.1. The Hall–Kier alpha value is -2.31. The van der Waals surface area contributed by atoms with E-state index in [0.29, 0.717) is 11.5 Å². The van der Waals surface area contributed by atoms with Crippen LogP contribution >= 0.6 is 0 Å². The topological polar surface area (TPSA) is 58.0 Å². The third-order valence-corrected chi connectivity index (χ3v) is 3.80. The van der Waals surface area contributed by atoms with E-state index in [1.165, 1.54) is 6.33 Å². The van der Waals surface area contributed by atoms with Crippen LogP contribution < -0.4 is 9.80 Å². The number of nitrogens with zero attached hydrogens (tertiary/aromatic N) is 6. The number of halogens is 1. The quantitative estimate of drug-likeness (QED) is 0.849. The molecule has 1 aliphatic rings. The standard InChI is InChI=1S/C14H17FN6/c1-9-4-12(18-7-16-9)21-5-11(6-21)20(3)14-13(15)10(2)17-8-19-14/h4,7-8,11H,5-6H2,1-3H3. The molecule has 0 radical (unpaired) electrons. The lowest BCUT2D eigenvalue weighted by molar-refractivity contribution is 0.479. The van der Waals surface area contributed by atoms with Gasteiger partial charge in [0.25, 0.3) is 0 Å². The van der Waals surface area contributed by atoms with Gasteiger partial charge < -0.3 is 9.80 Å². The lowest BCUT2D eigenvalue weighted by atomic mass is 10.1. The molecular formula is C14H17FN6. The fourth-order valence-corrected chi connectivity index (χ4v) is 2.36. The molecular weight excluding hydrogens is 271 g/mol. The molecule has 0 amide bonds. The van der Waals surface area contributed by atoms with Crippen molar-refractivity contribution in [1.29, 1.82) is 0 Å². The molecule has 110 valence electrons. The minimum atomic E-state index is -0.351. The van der Waals surface area contributed by atoms with E-state index in [0.717, 1.165) is 24.6 Å². The van der Waals surface area contributed by atoms with E-state index in [4.69, 9.17) is 0 Å². The Kier molecular flexibility index (Phi) is 3.40. The van der Waals surface area contributed by atoms with Gasteiger partial charge in [-0.15, -0.1) is 0 Å². The maximum absolute atomic E-state index is 14.0. The second-order valence-corrected chi connectivity index (χ2v) is 5.28. The minimum absolute atomic E-state index is 0.212. The highest BCUT2D eigenvalue weighted by atomic mass is 19.1. The molecule has 1 fully saturated rings. The van der Waals surface area contributed by atoms with E-state index >= 15 is 0 Å². The number of likely N-dealkylation sites (N-methyl/N-ethyl adjacent to an activating group) is 1. The van der Waals surface area contributed by atoms with Crippen LogP contribution in [0.15, 0.2) is 18.7 Å². The van der Waals surface area contributed by atoms with Crippen LogP contribution in [0.5, 0.6) is 0 Å². The second kappa shape index (κ2) is 5.23. The van der Waals surface area contributed by atoms with Crippen LogP contribution in [-0.2, 0) is 0 Å². The molecule has 0 aliphatic carbocycles. The van der Waals surface area contributed by atoms with E-state index in [-0.39, 0.29) is 11.9 Å². The number of aryl methyl sites for hydroxylation is 2. The average molecular weight is 288 g/mol. The second-order valence-electron chi connectivity index (χ2n) is 5.28. The first-order valence-corrected chi connectivity index (χ1v) is 6.80. The molecule has 7 heteroatoms. The normalized spacial score (nSPS) is 15.0. The van der Waals surface area contributed by atoms with Crippen LogP contribution in [0.3, 0.4) is 0 Å². The monoisotopic (exact) mass is 288 g/mol. The predicted molar refractivity (Wildman–Crippen MR) is 77.9 cm³/mol. The first-order valence-electron chi connectivity index (χ1n) is 6.80. The van der Waals surface area contributed by atoms with Gasteiger partial charge in [0.15, 0.2) is 11.6 Å². The van der Waals surface area contributed by atoms with Crippen LogP contribution in [0, 0.1) is 19.7 Å². The van der Waals surface area contributed by atoms with Gasteiger partial charge in [-0.2, -0.15) is 0 Å². The number of aromatic nitrogens is 4. The van der Waals surface area contributed by atoms with Gasteiger partial charge in [0.2, 0.25) is 0 Å². The van der Waals surface area contributed by atoms with Gasteiger partial charge in [0.1, 0.15) is 18.5 Å². The third-order valence-electron chi connectivity index (χ3n) is 3.80. The molecule has 21 heavy (non-hydrogen) atoms. The fraction of sp³-hybridized carbons (Fsp3) is 0.429. The molecule has 1 aliphatic heterocycles. The Morgan fingerprint density at radius 3 is 2.57 bits per heavy atom. The average Bonchev–Trinajstić information content (AvgIpc) is 2.40. The molecule has 0 spiro atoms. The van der Waals surface area contributed by atoms with Gasteiger partial charge in [-0.05, 0) is 13.8 Å². The molecule has 2 aromatic rings. The summed E-state index contributed by atoms with van der Waals surface area (Å²) < 4.78 is 14.0. The van der Waals surface area contributed by atoms with Gasteiger partial charge in [0, 0.05) is 31.9 Å². The molecule has 6 nitrogen and oxygen atoms in total. The third kappa shape index (κ3) is 2.51. The first kappa shape index (κ1) is 13.7. The molecule has 2 aromatic heterocycles. The molecule has 0 N–H and O–H groups in total. The SMILES string of the molecule is Cc1cc(N2CC(N(C)c3ncnc(C)c3F)C2)ncn1. The van der Waals surface area contributed by atoms with Crippen molar-refractivity contribution in [3.63, 3.8) is 0 Å². The molecule has 0 bridgehead atoms. The largest absolute Gasteiger partial charge is 0.352 e. The molecule has 1 saturated heterocycles. The number of hydrogen-bond donors (Lipinski definition) is 0. The highest BCUT2D eigenvalue weighted by Gasteiger charge is 2.33. The molecule has 3 heterocycles. The lowest BCUT2D eigenvalue weighted by Gasteiger charge is -2.45. The van der Waals surface area contributed by atoms with Crippen molar-refractivity contribution in [3.8, 4) is 0 Å². The summed E-state index contributed by atoms with van der Waals surface area (Å²) in [6, 6.07) is 2.16. The van der Waals surface area contributed by atoms with Gasteiger partial charge in [-0.3, -0.25) is 0 Å². The molecule has 0 atom stereocenters. The van der Waals surface area contributed by atoms with Gasteiger partial charge >= 0.3 is 0 Å². The van der Waals surface area contributed by atoms with Crippen LogP contribution in [0.2, 0.25) is 0 Å². The Balaban J connectivity index is 1.70. The number of hydrogen-bond acceptors (Lipinski definition) is 6. The van der Waals surface area contributed by atoms with E-state index in [9.17, 15) is 4.39 Å². The van der Waals surface area contributed by atoms with Crippen molar-refractivity contribution in [1.82, 2.24) is 19.9 Å². The molecule has 0 aromatic carbocycles. The highest BCUT2D eigenvalue weighted by Crippen LogP contribution is 2.25. The van der Waals surface area contributed by atoms with E-state index < -0.39 is 0 Å². The molecule has 0 saturated carbocycles. The van der Waals surface area contributed by atoms with E-state index in [1.807, 2.05) is 24.9 Å². The number of rotatable bonds is 3. The Morgan fingerprint density at radius 1 is 1.14 bits per heavy atom. The smallest absolute Gasteiger partial charge is 0.186 e. The zero-order valence-corrected chi connectivity index (χ0v) is 12.3. The van der Waals surface area contributed by atoms with Crippen LogP contribution in [0.4, 0.5) is 16.0 Å². The lowest BCUT2D eigenvalue weighted by Crippen LogP contribution is -2.59. The van der Waals surface area contributed by atoms with Gasteiger partial charge in [-0.1, -0.05) is 0 Å². The summed E-state index contributed by atoms with van der Waals surface area (Å²) in [7, 11) is 1.86. The Labute approximate surface area is 122 Å². The van der Waals surface area contributed by atoms with E-state index in [2.05, 4.69) is 24.8 Å². The summed E-state index contributed by atoms with van der Waals surface area (Å²) in [6.07, 6.45) is 2.96. The predicted octanol–water partition coefficient (Wildman–Crippen LogP) is 1.35. The maximum Gasteiger partial charge on any atom is 0.186 e. The Morgan fingerprint density at radius 2 is 1.86 bits per heavy atom. The zero-order valence-electron chi connectivity index (χ0n) is 12.3. The van der Waals surface area contributed by atoms with Crippen molar-refractivity contribution in [2.75, 3.05) is 29.9 Å². The molecule has 3 rings (SSSR count). The van der Waals surface area contributed by atoms with Gasteiger partial charge in [0.05, 0.1) is 11.7 Å². The van der Waals surface area contributed by atoms with Gasteiger partial charge in [-0.25, -0.2) is 24.3 Å². The van der Waals surface area contributed by atoms with Crippen molar-refractivity contribution in [2.24, 2.45) is 0 Å². The summed E-state index contributed by atoms with van der Waals surface area (Å²) in [4.78, 5) is 20.3. The van der Waals surface area contributed by atoms with Crippen LogP contribution in [-0.4, -0.2) is 46.1 Å². The maximum atomic E-state index is 14.0. The number of anilines is 2. The minimum Gasteiger partial charge on any atom is -0.352 e. The summed E-state index contributed by atoms with van der Waals surface area (Å²) in [5.74, 6) is 0.911. The van der Waals surface area contributed by atoms with E-state index in [1.54, 1.807) is 13.3 Å². The van der Waals surface area contributed by atoms with Crippen molar-refractivity contribution in [3.05, 3.63) is 35.9 Å². The van der Waals surface area contributed by atoms with Crippen LogP contribution in [0.1, 0.15) is 11.4 Å². The van der Waals surface area contributed by atoms with Crippen molar-refractivity contribution in [2.45, 2.75) is 19.9 Å². The Bertz CT molecular complexity index is 656. The summed E-state index contributed by atoms with van der Waals surface area (Å²) in [6.45, 7) is 5.16. The summed E-state index contributed by atoms with van der Waals surface area (Å²) >= 11 is 0. The van der Waals surface area contributed by atoms with Crippen LogP contribution in [0.25, 0.3) is 0 Å². The van der Waals surface area contributed by atoms with Crippen molar-refractivity contribution >= 4 is 11.6 Å².